The maximum Gasteiger partial charge on any atom is 0.266 e. The average molecular weight is 275 g/mol. The zero-order valence-electron chi connectivity index (χ0n) is 10.6. The lowest BCUT2D eigenvalue weighted by molar-refractivity contribution is 0.0720. The van der Waals surface area contributed by atoms with Crippen LogP contribution in [0.25, 0.3) is 10.1 Å². The minimum absolute atomic E-state index is 0.0469. The standard InChI is InChI=1S/C14H17N3OS/c15-9-5-7-17(8-6-9)14(18)13-12(16)10-3-1-2-4-11(10)19-13/h1-4,9H,5-8,15-16H2. The van der Waals surface area contributed by atoms with Crippen LogP contribution in [0.1, 0.15) is 22.5 Å². The molecule has 19 heavy (non-hydrogen) atoms. The Kier molecular flexibility index (Phi) is 3.16. The van der Waals surface area contributed by atoms with Gasteiger partial charge in [-0.2, -0.15) is 0 Å². The molecule has 0 saturated carbocycles. The number of benzene rings is 1. The van der Waals surface area contributed by atoms with Crippen molar-refractivity contribution in [1.29, 1.82) is 0 Å². The van der Waals surface area contributed by atoms with E-state index in [0.717, 1.165) is 36.0 Å². The topological polar surface area (TPSA) is 72.4 Å². The third-order valence-electron chi connectivity index (χ3n) is 3.65. The molecule has 4 nitrogen and oxygen atoms in total. The number of nitrogen functional groups attached to an aromatic ring is 1. The van der Waals surface area contributed by atoms with Crippen molar-refractivity contribution in [3.63, 3.8) is 0 Å². The number of carbonyl (C=O) groups is 1. The van der Waals surface area contributed by atoms with E-state index in [1.165, 1.54) is 11.3 Å². The molecule has 1 aromatic carbocycles. The number of piperidine rings is 1. The van der Waals surface area contributed by atoms with E-state index >= 15 is 0 Å². The second kappa shape index (κ2) is 4.83. The van der Waals surface area contributed by atoms with Crippen molar-refractivity contribution in [3.05, 3.63) is 29.1 Å². The molecule has 0 atom stereocenters. The summed E-state index contributed by atoms with van der Waals surface area (Å²) in [6.07, 6.45) is 1.74. The number of carbonyl (C=O) groups excluding carboxylic acids is 1. The summed E-state index contributed by atoms with van der Waals surface area (Å²) in [5.41, 5.74) is 12.6. The van der Waals surface area contributed by atoms with Crippen LogP contribution in [0.3, 0.4) is 0 Å². The van der Waals surface area contributed by atoms with Crippen molar-refractivity contribution in [2.45, 2.75) is 18.9 Å². The summed E-state index contributed by atoms with van der Waals surface area (Å²) in [6.45, 7) is 1.46. The third-order valence-corrected chi connectivity index (χ3v) is 4.83. The van der Waals surface area contributed by atoms with Crippen molar-refractivity contribution in [2.75, 3.05) is 18.8 Å². The highest BCUT2D eigenvalue weighted by Crippen LogP contribution is 2.34. The van der Waals surface area contributed by atoms with E-state index in [4.69, 9.17) is 11.5 Å². The Morgan fingerprint density at radius 1 is 1.26 bits per heavy atom. The van der Waals surface area contributed by atoms with Crippen molar-refractivity contribution >= 4 is 33.0 Å². The molecule has 1 aliphatic rings. The molecule has 2 aromatic rings. The first kappa shape index (κ1) is 12.4. The van der Waals surface area contributed by atoms with Gasteiger partial charge >= 0.3 is 0 Å². The highest BCUT2D eigenvalue weighted by Gasteiger charge is 2.25. The quantitative estimate of drug-likeness (QED) is 0.836. The molecule has 1 amide bonds. The van der Waals surface area contributed by atoms with Crippen LogP contribution < -0.4 is 11.5 Å². The maximum absolute atomic E-state index is 12.5. The zero-order valence-corrected chi connectivity index (χ0v) is 11.5. The molecule has 1 aromatic heterocycles. The Bertz CT molecular complexity index is 614. The van der Waals surface area contributed by atoms with Crippen LogP contribution in [0, 0.1) is 0 Å². The van der Waals surface area contributed by atoms with Crippen LogP contribution in [0.5, 0.6) is 0 Å². The first-order valence-electron chi connectivity index (χ1n) is 6.48. The van der Waals surface area contributed by atoms with Gasteiger partial charge in [-0.3, -0.25) is 4.79 Å². The highest BCUT2D eigenvalue weighted by atomic mass is 32.1. The molecule has 100 valence electrons. The first-order chi connectivity index (χ1) is 9.16. The summed E-state index contributed by atoms with van der Waals surface area (Å²) in [4.78, 5) is 15.0. The molecular weight excluding hydrogens is 258 g/mol. The summed E-state index contributed by atoms with van der Waals surface area (Å²) in [5.74, 6) is 0.0469. The van der Waals surface area contributed by atoms with E-state index in [1.54, 1.807) is 0 Å². The minimum Gasteiger partial charge on any atom is -0.397 e. The molecule has 0 radical (unpaired) electrons. The Balaban J connectivity index is 1.91. The van der Waals surface area contributed by atoms with E-state index < -0.39 is 0 Å². The summed E-state index contributed by atoms with van der Waals surface area (Å²) >= 11 is 1.48. The fourth-order valence-corrected chi connectivity index (χ4v) is 3.56. The third kappa shape index (κ3) is 2.19. The molecule has 0 aliphatic carbocycles. The lowest BCUT2D eigenvalue weighted by Crippen LogP contribution is -2.42. The van der Waals surface area contributed by atoms with Gasteiger partial charge in [0.1, 0.15) is 4.88 Å². The van der Waals surface area contributed by atoms with Crippen LogP contribution in [0.2, 0.25) is 0 Å². The number of likely N-dealkylation sites (tertiary alicyclic amines) is 1. The Morgan fingerprint density at radius 3 is 2.63 bits per heavy atom. The SMILES string of the molecule is Nc1c(C(=O)N2CCC(N)CC2)sc2ccccc12. The van der Waals surface area contributed by atoms with Crippen molar-refractivity contribution in [1.82, 2.24) is 4.90 Å². The lowest BCUT2D eigenvalue weighted by Gasteiger charge is -2.29. The van der Waals surface area contributed by atoms with Crippen LogP contribution in [0.4, 0.5) is 5.69 Å². The first-order valence-corrected chi connectivity index (χ1v) is 7.30. The van der Waals surface area contributed by atoms with Crippen molar-refractivity contribution < 1.29 is 4.79 Å². The molecule has 1 fully saturated rings. The van der Waals surface area contributed by atoms with Crippen LogP contribution >= 0.6 is 11.3 Å². The molecule has 1 aliphatic heterocycles. The van der Waals surface area contributed by atoms with E-state index in [9.17, 15) is 4.79 Å². The number of nitrogens with two attached hydrogens (primary N) is 2. The second-order valence-corrected chi connectivity index (χ2v) is 6.02. The van der Waals surface area contributed by atoms with E-state index in [2.05, 4.69) is 0 Å². The summed E-state index contributed by atoms with van der Waals surface area (Å²) in [7, 11) is 0. The maximum atomic E-state index is 12.5. The van der Waals surface area contributed by atoms with Gasteiger partial charge in [-0.1, -0.05) is 18.2 Å². The number of nitrogens with zero attached hydrogens (tertiary/aromatic N) is 1. The van der Waals surface area contributed by atoms with Crippen LogP contribution in [-0.2, 0) is 0 Å². The molecule has 1 saturated heterocycles. The van der Waals surface area contributed by atoms with Gasteiger partial charge in [0.05, 0.1) is 5.69 Å². The van der Waals surface area contributed by atoms with Gasteiger partial charge in [0.25, 0.3) is 5.91 Å². The monoisotopic (exact) mass is 275 g/mol. The number of anilines is 1. The fraction of sp³-hybridized carbons (Fsp3) is 0.357. The molecule has 3 rings (SSSR count). The number of hydrogen-bond acceptors (Lipinski definition) is 4. The normalized spacial score (nSPS) is 17.0. The summed E-state index contributed by atoms with van der Waals surface area (Å²) < 4.78 is 1.07. The summed E-state index contributed by atoms with van der Waals surface area (Å²) in [6, 6.07) is 8.10. The number of rotatable bonds is 1. The molecule has 0 spiro atoms. The average Bonchev–Trinajstić information content (AvgIpc) is 2.77. The predicted octanol–water partition coefficient (Wildman–Crippen LogP) is 2.05. The smallest absolute Gasteiger partial charge is 0.266 e. The molecule has 2 heterocycles. The van der Waals surface area contributed by atoms with Gasteiger partial charge in [0.2, 0.25) is 0 Å². The highest BCUT2D eigenvalue weighted by molar-refractivity contribution is 7.21. The van der Waals surface area contributed by atoms with E-state index in [0.29, 0.717) is 10.6 Å². The van der Waals surface area contributed by atoms with Crippen LogP contribution in [-0.4, -0.2) is 29.9 Å². The Hall–Kier alpha value is -1.59. The molecular formula is C14H17N3OS. The van der Waals surface area contributed by atoms with Gasteiger partial charge < -0.3 is 16.4 Å². The Labute approximate surface area is 116 Å². The molecule has 0 unspecified atom stereocenters. The Morgan fingerprint density at radius 2 is 1.95 bits per heavy atom. The van der Waals surface area contributed by atoms with Gasteiger partial charge in [-0.15, -0.1) is 11.3 Å². The van der Waals surface area contributed by atoms with Gasteiger partial charge in [0, 0.05) is 29.2 Å². The van der Waals surface area contributed by atoms with Crippen molar-refractivity contribution in [3.8, 4) is 0 Å². The predicted molar refractivity (Wildman–Crippen MR) is 79.4 cm³/mol. The lowest BCUT2D eigenvalue weighted by atomic mass is 10.1. The van der Waals surface area contributed by atoms with Crippen molar-refractivity contribution in [2.24, 2.45) is 5.73 Å². The van der Waals surface area contributed by atoms with Gasteiger partial charge in [0.15, 0.2) is 0 Å². The molecule has 5 heteroatoms. The number of amides is 1. The van der Waals surface area contributed by atoms with E-state index in [1.807, 2.05) is 29.2 Å². The van der Waals surface area contributed by atoms with Gasteiger partial charge in [-0.05, 0) is 18.9 Å². The summed E-state index contributed by atoms with van der Waals surface area (Å²) in [5, 5.41) is 0.976. The number of thiophene rings is 1. The minimum atomic E-state index is 0.0469. The largest absolute Gasteiger partial charge is 0.397 e. The number of fused-ring (bicyclic) bond motifs is 1. The van der Waals surface area contributed by atoms with Crippen LogP contribution in [0.15, 0.2) is 24.3 Å². The molecule has 0 bridgehead atoms. The second-order valence-electron chi connectivity index (χ2n) is 4.97. The number of hydrogen-bond donors (Lipinski definition) is 2. The van der Waals surface area contributed by atoms with Gasteiger partial charge in [-0.25, -0.2) is 0 Å². The fourth-order valence-electron chi connectivity index (χ4n) is 2.47. The zero-order chi connectivity index (χ0) is 13.4. The molecule has 4 N–H and O–H groups in total. The van der Waals surface area contributed by atoms with E-state index in [-0.39, 0.29) is 11.9 Å².